The largest absolute Gasteiger partial charge is 0.465 e. The highest BCUT2D eigenvalue weighted by Gasteiger charge is 2.15. The SMILES string of the molecule is CCCCCC(C)Nc1c(N)cccc1C(=O)OC. The summed E-state index contributed by atoms with van der Waals surface area (Å²) in [6.45, 7) is 4.28. The maximum atomic E-state index is 11.7. The molecule has 0 radical (unpaired) electrons. The van der Waals surface area contributed by atoms with Crippen LogP contribution in [0.5, 0.6) is 0 Å². The average molecular weight is 264 g/mol. The van der Waals surface area contributed by atoms with Gasteiger partial charge in [-0.3, -0.25) is 0 Å². The minimum atomic E-state index is -0.365. The molecule has 1 aromatic rings. The Kier molecular flexibility index (Phi) is 6.19. The number of hydrogen-bond acceptors (Lipinski definition) is 4. The van der Waals surface area contributed by atoms with E-state index in [1.54, 1.807) is 18.2 Å². The Morgan fingerprint density at radius 3 is 2.79 bits per heavy atom. The van der Waals surface area contributed by atoms with E-state index in [1.165, 1.54) is 26.4 Å². The highest BCUT2D eigenvalue weighted by molar-refractivity contribution is 5.98. The van der Waals surface area contributed by atoms with Crippen molar-refractivity contribution in [2.75, 3.05) is 18.2 Å². The second kappa shape index (κ2) is 7.67. The fourth-order valence-electron chi connectivity index (χ4n) is 2.03. The number of hydrogen-bond donors (Lipinski definition) is 2. The van der Waals surface area contributed by atoms with E-state index in [0.29, 0.717) is 16.9 Å². The van der Waals surface area contributed by atoms with Crippen molar-refractivity contribution in [3.05, 3.63) is 23.8 Å². The number of ether oxygens (including phenoxy) is 1. The van der Waals surface area contributed by atoms with Crippen molar-refractivity contribution in [1.29, 1.82) is 0 Å². The van der Waals surface area contributed by atoms with Gasteiger partial charge in [-0.15, -0.1) is 0 Å². The number of benzene rings is 1. The minimum absolute atomic E-state index is 0.277. The summed E-state index contributed by atoms with van der Waals surface area (Å²) in [6.07, 6.45) is 4.65. The molecule has 0 aliphatic carbocycles. The molecule has 3 N–H and O–H groups in total. The number of anilines is 2. The first-order chi connectivity index (χ1) is 9.10. The van der Waals surface area contributed by atoms with E-state index in [9.17, 15) is 4.79 Å². The Morgan fingerprint density at radius 1 is 1.42 bits per heavy atom. The van der Waals surface area contributed by atoms with Crippen LogP contribution in [0.4, 0.5) is 11.4 Å². The molecule has 0 aromatic heterocycles. The molecular weight excluding hydrogens is 240 g/mol. The minimum Gasteiger partial charge on any atom is -0.465 e. The Labute approximate surface area is 115 Å². The maximum absolute atomic E-state index is 11.7. The average Bonchev–Trinajstić information content (AvgIpc) is 2.40. The van der Waals surface area contributed by atoms with Gasteiger partial charge in [-0.05, 0) is 25.5 Å². The second-order valence-electron chi connectivity index (χ2n) is 4.80. The van der Waals surface area contributed by atoms with Crippen LogP contribution in [0.25, 0.3) is 0 Å². The second-order valence-corrected chi connectivity index (χ2v) is 4.80. The molecule has 0 spiro atoms. The van der Waals surface area contributed by atoms with Gasteiger partial charge in [-0.1, -0.05) is 32.3 Å². The van der Waals surface area contributed by atoms with E-state index in [2.05, 4.69) is 19.2 Å². The molecule has 0 amide bonds. The van der Waals surface area contributed by atoms with Gasteiger partial charge >= 0.3 is 5.97 Å². The highest BCUT2D eigenvalue weighted by atomic mass is 16.5. The van der Waals surface area contributed by atoms with Crippen molar-refractivity contribution in [2.45, 2.75) is 45.6 Å². The third-order valence-corrected chi connectivity index (χ3v) is 3.13. The third-order valence-electron chi connectivity index (χ3n) is 3.13. The molecule has 0 heterocycles. The fourth-order valence-corrected chi connectivity index (χ4v) is 2.03. The molecule has 1 unspecified atom stereocenters. The first-order valence-electron chi connectivity index (χ1n) is 6.83. The van der Waals surface area contributed by atoms with E-state index in [4.69, 9.17) is 10.5 Å². The number of carbonyl (C=O) groups is 1. The molecular formula is C15H24N2O2. The first kappa shape index (κ1) is 15.3. The summed E-state index contributed by atoms with van der Waals surface area (Å²) in [5, 5.41) is 3.33. The zero-order valence-corrected chi connectivity index (χ0v) is 12.0. The van der Waals surface area contributed by atoms with E-state index < -0.39 is 0 Å². The summed E-state index contributed by atoms with van der Waals surface area (Å²) in [5.74, 6) is -0.365. The van der Waals surface area contributed by atoms with Gasteiger partial charge < -0.3 is 15.8 Å². The third kappa shape index (κ3) is 4.47. The normalized spacial score (nSPS) is 11.9. The smallest absolute Gasteiger partial charge is 0.340 e. The molecule has 1 aromatic carbocycles. The van der Waals surface area contributed by atoms with Crippen molar-refractivity contribution in [3.63, 3.8) is 0 Å². The predicted molar refractivity (Wildman–Crippen MR) is 79.4 cm³/mol. The van der Waals surface area contributed by atoms with E-state index >= 15 is 0 Å². The Balaban J connectivity index is 2.78. The van der Waals surface area contributed by atoms with Gasteiger partial charge in [-0.2, -0.15) is 0 Å². The van der Waals surface area contributed by atoms with E-state index in [0.717, 1.165) is 6.42 Å². The molecule has 19 heavy (non-hydrogen) atoms. The molecule has 1 atom stereocenters. The summed E-state index contributed by atoms with van der Waals surface area (Å²) >= 11 is 0. The van der Waals surface area contributed by atoms with Gasteiger partial charge in [-0.25, -0.2) is 4.79 Å². The van der Waals surface area contributed by atoms with Crippen molar-refractivity contribution in [3.8, 4) is 0 Å². The van der Waals surface area contributed by atoms with Crippen LogP contribution in [-0.2, 0) is 4.74 Å². The monoisotopic (exact) mass is 264 g/mol. The van der Waals surface area contributed by atoms with Crippen molar-refractivity contribution in [2.24, 2.45) is 0 Å². The summed E-state index contributed by atoms with van der Waals surface area (Å²) in [6, 6.07) is 5.55. The molecule has 4 heteroatoms. The standard InChI is InChI=1S/C15H24N2O2/c1-4-5-6-8-11(2)17-14-12(15(18)19-3)9-7-10-13(14)16/h7,9-11,17H,4-6,8,16H2,1-3H3. The van der Waals surface area contributed by atoms with Gasteiger partial charge in [0.25, 0.3) is 0 Å². The lowest BCUT2D eigenvalue weighted by atomic mass is 10.1. The van der Waals surface area contributed by atoms with E-state index in [-0.39, 0.29) is 12.0 Å². The molecule has 0 fully saturated rings. The zero-order valence-electron chi connectivity index (χ0n) is 12.0. The lowest BCUT2D eigenvalue weighted by Crippen LogP contribution is -2.19. The Bertz CT molecular complexity index is 419. The van der Waals surface area contributed by atoms with Crippen molar-refractivity contribution in [1.82, 2.24) is 0 Å². The number of nitrogens with two attached hydrogens (primary N) is 1. The number of nitrogens with one attached hydrogen (secondary N) is 1. The van der Waals surface area contributed by atoms with Gasteiger partial charge in [0.1, 0.15) is 0 Å². The molecule has 0 saturated heterocycles. The summed E-state index contributed by atoms with van der Waals surface area (Å²) in [7, 11) is 1.37. The van der Waals surface area contributed by atoms with Crippen LogP contribution in [0, 0.1) is 0 Å². The van der Waals surface area contributed by atoms with Crippen LogP contribution in [0.2, 0.25) is 0 Å². The number of esters is 1. The molecule has 1 rings (SSSR count). The van der Waals surface area contributed by atoms with Crippen LogP contribution < -0.4 is 11.1 Å². The molecule has 0 aliphatic rings. The van der Waals surface area contributed by atoms with Crippen LogP contribution in [0.15, 0.2) is 18.2 Å². The molecule has 0 aliphatic heterocycles. The van der Waals surface area contributed by atoms with Crippen LogP contribution in [-0.4, -0.2) is 19.1 Å². The molecule has 4 nitrogen and oxygen atoms in total. The predicted octanol–water partition coefficient (Wildman–Crippen LogP) is 3.44. The number of carbonyl (C=O) groups excluding carboxylic acids is 1. The lowest BCUT2D eigenvalue weighted by Gasteiger charge is -2.19. The maximum Gasteiger partial charge on any atom is 0.340 e. The Morgan fingerprint density at radius 2 is 2.16 bits per heavy atom. The molecule has 0 saturated carbocycles. The quantitative estimate of drug-likeness (QED) is 0.450. The topological polar surface area (TPSA) is 64.3 Å². The van der Waals surface area contributed by atoms with Crippen molar-refractivity contribution >= 4 is 17.3 Å². The number of rotatable bonds is 7. The van der Waals surface area contributed by atoms with Gasteiger partial charge in [0.15, 0.2) is 0 Å². The van der Waals surface area contributed by atoms with E-state index in [1.807, 2.05) is 0 Å². The van der Waals surface area contributed by atoms with Crippen molar-refractivity contribution < 1.29 is 9.53 Å². The number of unbranched alkanes of at least 4 members (excludes halogenated alkanes) is 2. The first-order valence-corrected chi connectivity index (χ1v) is 6.83. The summed E-state index contributed by atoms with van der Waals surface area (Å²) in [4.78, 5) is 11.7. The fraction of sp³-hybridized carbons (Fsp3) is 0.533. The Hall–Kier alpha value is -1.71. The van der Waals surface area contributed by atoms with Gasteiger partial charge in [0.05, 0.1) is 24.0 Å². The van der Waals surface area contributed by atoms with Crippen LogP contribution in [0.1, 0.15) is 49.9 Å². The highest BCUT2D eigenvalue weighted by Crippen LogP contribution is 2.25. The summed E-state index contributed by atoms with van der Waals surface area (Å²) < 4.78 is 4.78. The summed E-state index contributed by atoms with van der Waals surface area (Å²) in [5.41, 5.74) is 7.69. The number of nitrogen functional groups attached to an aromatic ring is 1. The zero-order chi connectivity index (χ0) is 14.3. The van der Waals surface area contributed by atoms with Crippen LogP contribution in [0.3, 0.4) is 0 Å². The molecule has 0 bridgehead atoms. The molecule has 106 valence electrons. The lowest BCUT2D eigenvalue weighted by molar-refractivity contribution is 0.0602. The number of methoxy groups -OCH3 is 1. The van der Waals surface area contributed by atoms with Gasteiger partial charge in [0.2, 0.25) is 0 Å². The number of para-hydroxylation sites is 1. The van der Waals surface area contributed by atoms with Crippen LogP contribution >= 0.6 is 0 Å². The van der Waals surface area contributed by atoms with Gasteiger partial charge in [0, 0.05) is 6.04 Å².